The third kappa shape index (κ3) is 2.62. The van der Waals surface area contributed by atoms with E-state index in [2.05, 4.69) is 0 Å². The summed E-state index contributed by atoms with van der Waals surface area (Å²) in [5.41, 5.74) is 2.64. The number of carboxylic acid groups (broad SMARTS) is 1. The van der Waals surface area contributed by atoms with Crippen LogP contribution in [0.5, 0.6) is 0 Å². The summed E-state index contributed by atoms with van der Waals surface area (Å²) in [5, 5.41) is 8.41. The highest BCUT2D eigenvalue weighted by Gasteiger charge is 2.37. The summed E-state index contributed by atoms with van der Waals surface area (Å²) >= 11 is 0. The monoisotopic (exact) mass is 237 g/mol. The third-order valence-electron chi connectivity index (χ3n) is 1.82. The lowest BCUT2D eigenvalue weighted by Gasteiger charge is -2.13. The van der Waals surface area contributed by atoms with Crippen molar-refractivity contribution >= 4 is 11.7 Å². The van der Waals surface area contributed by atoms with Crippen LogP contribution in [-0.2, 0) is 17.4 Å². The van der Waals surface area contributed by atoms with Crippen molar-refractivity contribution in [2.24, 2.45) is 0 Å². The zero-order valence-corrected chi connectivity index (χ0v) is 7.81. The second kappa shape index (κ2) is 3.99. The number of alkyl halides is 3. The van der Waals surface area contributed by atoms with Gasteiger partial charge in [0, 0.05) is 5.69 Å². The van der Waals surface area contributed by atoms with Crippen LogP contribution in [0.25, 0.3) is 0 Å². The fourth-order valence-electron chi connectivity index (χ4n) is 1.31. The average molecular weight is 237 g/mol. The smallest absolute Gasteiger partial charge is 0.419 e. The average Bonchev–Trinajstić information content (AvgIpc) is 1.96. The molecule has 0 spiro atoms. The number of halogens is 4. The molecule has 0 saturated heterocycles. The Morgan fingerprint density at radius 3 is 2.38 bits per heavy atom. The largest absolute Gasteiger partial charge is 0.481 e. The molecule has 0 aliphatic rings. The summed E-state index contributed by atoms with van der Waals surface area (Å²) in [6.45, 7) is 0. The van der Waals surface area contributed by atoms with E-state index in [0.29, 0.717) is 6.07 Å². The molecular formula is C9H7F4NO2. The van der Waals surface area contributed by atoms with E-state index in [1.54, 1.807) is 0 Å². The Balaban J connectivity index is 3.38. The van der Waals surface area contributed by atoms with Crippen LogP contribution < -0.4 is 5.73 Å². The van der Waals surface area contributed by atoms with Crippen LogP contribution in [0.2, 0.25) is 0 Å². The first-order valence-electron chi connectivity index (χ1n) is 4.08. The molecule has 1 rings (SSSR count). The van der Waals surface area contributed by atoms with E-state index in [0.717, 1.165) is 6.07 Å². The van der Waals surface area contributed by atoms with Gasteiger partial charge in [-0.25, -0.2) is 4.39 Å². The van der Waals surface area contributed by atoms with Gasteiger partial charge in [0.05, 0.1) is 12.0 Å². The van der Waals surface area contributed by atoms with Crippen molar-refractivity contribution in [2.45, 2.75) is 12.6 Å². The zero-order chi connectivity index (χ0) is 12.5. The van der Waals surface area contributed by atoms with Gasteiger partial charge in [-0.1, -0.05) is 0 Å². The summed E-state index contributed by atoms with van der Waals surface area (Å²) in [6.07, 6.45) is -5.88. The molecule has 0 aromatic heterocycles. The van der Waals surface area contributed by atoms with Crippen molar-refractivity contribution in [1.82, 2.24) is 0 Å². The molecule has 0 fully saturated rings. The van der Waals surface area contributed by atoms with Crippen LogP contribution in [-0.4, -0.2) is 11.1 Å². The fourth-order valence-corrected chi connectivity index (χ4v) is 1.31. The number of benzene rings is 1. The quantitative estimate of drug-likeness (QED) is 0.611. The molecule has 88 valence electrons. The molecule has 7 heteroatoms. The maximum atomic E-state index is 13.1. The number of hydrogen-bond donors (Lipinski definition) is 2. The lowest BCUT2D eigenvalue weighted by Crippen LogP contribution is -2.15. The Hall–Kier alpha value is -1.79. The van der Waals surface area contributed by atoms with Crippen LogP contribution in [0, 0.1) is 5.82 Å². The molecule has 0 heterocycles. The minimum atomic E-state index is -4.94. The Morgan fingerprint density at radius 2 is 1.94 bits per heavy atom. The Bertz CT molecular complexity index is 428. The first kappa shape index (κ1) is 12.3. The van der Waals surface area contributed by atoms with Crippen molar-refractivity contribution < 1.29 is 27.5 Å². The highest BCUT2D eigenvalue weighted by molar-refractivity contribution is 5.71. The number of anilines is 1. The van der Waals surface area contributed by atoms with E-state index >= 15 is 0 Å². The zero-order valence-electron chi connectivity index (χ0n) is 7.81. The van der Waals surface area contributed by atoms with E-state index in [4.69, 9.17) is 10.8 Å². The predicted octanol–water partition coefficient (Wildman–Crippen LogP) is 2.05. The van der Waals surface area contributed by atoms with E-state index in [1.807, 2.05) is 0 Å². The van der Waals surface area contributed by atoms with Crippen molar-refractivity contribution in [3.8, 4) is 0 Å². The summed E-state index contributed by atoms with van der Waals surface area (Å²) in [7, 11) is 0. The van der Waals surface area contributed by atoms with Gasteiger partial charge in [-0.2, -0.15) is 13.2 Å². The highest BCUT2D eigenvalue weighted by Crippen LogP contribution is 2.35. The topological polar surface area (TPSA) is 63.3 Å². The minimum Gasteiger partial charge on any atom is -0.481 e. The SMILES string of the molecule is Nc1cc(F)c(C(F)(F)F)c(CC(=O)O)c1. The molecule has 0 unspecified atom stereocenters. The number of nitrogen functional groups attached to an aromatic ring is 1. The van der Waals surface area contributed by atoms with Gasteiger partial charge in [0.25, 0.3) is 0 Å². The molecule has 0 bridgehead atoms. The molecule has 0 aliphatic carbocycles. The van der Waals surface area contributed by atoms with E-state index in [-0.39, 0.29) is 5.69 Å². The Labute approximate surface area is 87.5 Å². The van der Waals surface area contributed by atoms with Crippen molar-refractivity contribution in [2.75, 3.05) is 5.73 Å². The van der Waals surface area contributed by atoms with Crippen LogP contribution in [0.3, 0.4) is 0 Å². The van der Waals surface area contributed by atoms with E-state index in [9.17, 15) is 22.4 Å². The Kier molecular flexibility index (Phi) is 3.06. The molecule has 0 aliphatic heterocycles. The molecule has 1 aromatic carbocycles. The molecule has 1 aromatic rings. The predicted molar refractivity (Wildman–Crippen MR) is 47.2 cm³/mol. The van der Waals surface area contributed by atoms with Crippen LogP contribution >= 0.6 is 0 Å². The second-order valence-electron chi connectivity index (χ2n) is 3.11. The molecule has 0 atom stereocenters. The first-order chi connectivity index (χ1) is 7.21. The molecular weight excluding hydrogens is 230 g/mol. The number of carboxylic acids is 1. The van der Waals surface area contributed by atoms with Gasteiger partial charge in [-0.05, 0) is 17.7 Å². The maximum absolute atomic E-state index is 13.1. The van der Waals surface area contributed by atoms with Gasteiger partial charge in [-0.3, -0.25) is 4.79 Å². The van der Waals surface area contributed by atoms with Crippen molar-refractivity contribution in [1.29, 1.82) is 0 Å². The lowest BCUT2D eigenvalue weighted by molar-refractivity contribution is -0.141. The fraction of sp³-hybridized carbons (Fsp3) is 0.222. The highest BCUT2D eigenvalue weighted by atomic mass is 19.4. The van der Waals surface area contributed by atoms with Gasteiger partial charge in [0.2, 0.25) is 0 Å². The molecule has 3 nitrogen and oxygen atoms in total. The number of hydrogen-bond acceptors (Lipinski definition) is 2. The summed E-state index contributed by atoms with van der Waals surface area (Å²) in [6, 6.07) is 1.31. The number of aliphatic carboxylic acids is 1. The van der Waals surface area contributed by atoms with Crippen LogP contribution in [0.1, 0.15) is 11.1 Å². The molecule has 3 N–H and O–H groups in total. The van der Waals surface area contributed by atoms with Crippen molar-refractivity contribution in [3.63, 3.8) is 0 Å². The van der Waals surface area contributed by atoms with E-state index in [1.165, 1.54) is 0 Å². The van der Waals surface area contributed by atoms with Gasteiger partial charge in [0.1, 0.15) is 5.82 Å². The molecule has 0 radical (unpaired) electrons. The molecule has 16 heavy (non-hydrogen) atoms. The van der Waals surface area contributed by atoms with Crippen molar-refractivity contribution in [3.05, 3.63) is 29.1 Å². The summed E-state index contributed by atoms with van der Waals surface area (Å²) in [5.74, 6) is -3.06. The number of rotatable bonds is 2. The number of carbonyl (C=O) groups is 1. The Morgan fingerprint density at radius 1 is 1.38 bits per heavy atom. The van der Waals surface area contributed by atoms with Gasteiger partial charge in [-0.15, -0.1) is 0 Å². The number of nitrogens with two attached hydrogens (primary N) is 1. The van der Waals surface area contributed by atoms with Gasteiger partial charge < -0.3 is 10.8 Å². The van der Waals surface area contributed by atoms with Gasteiger partial charge >= 0.3 is 12.1 Å². The van der Waals surface area contributed by atoms with Crippen LogP contribution in [0.4, 0.5) is 23.2 Å². The minimum absolute atomic E-state index is 0.248. The third-order valence-corrected chi connectivity index (χ3v) is 1.82. The second-order valence-corrected chi connectivity index (χ2v) is 3.11. The molecule has 0 amide bonds. The van der Waals surface area contributed by atoms with Gasteiger partial charge in [0.15, 0.2) is 0 Å². The molecule has 0 saturated carbocycles. The summed E-state index contributed by atoms with van der Waals surface area (Å²) in [4.78, 5) is 10.3. The maximum Gasteiger partial charge on any atom is 0.419 e. The standard InChI is InChI=1S/C9H7F4NO2/c10-6-3-5(14)1-4(2-7(15)16)8(6)9(11,12)13/h1,3H,2,14H2,(H,15,16). The lowest BCUT2D eigenvalue weighted by atomic mass is 10.0. The first-order valence-corrected chi connectivity index (χ1v) is 4.08. The normalized spacial score (nSPS) is 11.5. The van der Waals surface area contributed by atoms with Crippen LogP contribution in [0.15, 0.2) is 12.1 Å². The van der Waals surface area contributed by atoms with E-state index < -0.39 is 35.5 Å². The summed E-state index contributed by atoms with van der Waals surface area (Å²) < 4.78 is 50.3.